The van der Waals surface area contributed by atoms with Crippen molar-refractivity contribution >= 4 is 10.0 Å². The Bertz CT molecular complexity index is 219. The zero-order chi connectivity index (χ0) is 8.48. The van der Waals surface area contributed by atoms with Gasteiger partial charge >= 0.3 is 0 Å². The summed E-state index contributed by atoms with van der Waals surface area (Å²) in [6.45, 7) is 0. The second-order valence-corrected chi connectivity index (χ2v) is 4.82. The third-order valence-electron chi connectivity index (χ3n) is 1.93. The van der Waals surface area contributed by atoms with Crippen LogP contribution in [0.2, 0.25) is 0 Å². The molecule has 0 aromatic heterocycles. The van der Waals surface area contributed by atoms with Gasteiger partial charge in [0.2, 0.25) is 10.0 Å². The molecule has 1 aliphatic carbocycles. The largest absolute Gasteiger partial charge is 0.317 e. The molecule has 0 atom stereocenters. The highest BCUT2D eigenvalue weighted by molar-refractivity contribution is 7.88. The van der Waals surface area contributed by atoms with Gasteiger partial charge in [0, 0.05) is 12.1 Å². The summed E-state index contributed by atoms with van der Waals surface area (Å²) in [6.07, 6.45) is 3.01. The van der Waals surface area contributed by atoms with Gasteiger partial charge in [-0.15, -0.1) is 0 Å². The fourth-order valence-electron chi connectivity index (χ4n) is 1.25. The molecule has 0 bridgehead atoms. The van der Waals surface area contributed by atoms with Gasteiger partial charge in [0.15, 0.2) is 0 Å². The highest BCUT2D eigenvalue weighted by atomic mass is 32.2. The summed E-state index contributed by atoms with van der Waals surface area (Å²) in [5, 5.41) is 3.08. The number of nitrogens with one attached hydrogen (secondary N) is 2. The molecule has 0 aromatic rings. The first-order valence-corrected chi connectivity index (χ1v) is 5.55. The summed E-state index contributed by atoms with van der Waals surface area (Å²) in [4.78, 5) is 0. The van der Waals surface area contributed by atoms with Gasteiger partial charge in [-0.05, 0) is 19.9 Å². The van der Waals surface area contributed by atoms with Crippen LogP contribution < -0.4 is 10.0 Å². The van der Waals surface area contributed by atoms with Gasteiger partial charge in [-0.25, -0.2) is 13.1 Å². The molecule has 0 amide bonds. The van der Waals surface area contributed by atoms with Crippen LogP contribution in [0.3, 0.4) is 0 Å². The van der Waals surface area contributed by atoms with E-state index in [2.05, 4.69) is 10.0 Å². The summed E-state index contributed by atoms with van der Waals surface area (Å²) in [5.41, 5.74) is 0. The topological polar surface area (TPSA) is 58.2 Å². The molecule has 0 unspecified atom stereocenters. The summed E-state index contributed by atoms with van der Waals surface area (Å²) < 4.78 is 23.9. The normalized spacial score (nSPS) is 31.5. The Hall–Kier alpha value is -0.130. The van der Waals surface area contributed by atoms with Crippen LogP contribution in [0.4, 0.5) is 0 Å². The Kier molecular flexibility index (Phi) is 2.51. The lowest BCUT2D eigenvalue weighted by Gasteiger charge is -2.34. The molecule has 0 heterocycles. The molecule has 2 N–H and O–H groups in total. The maximum Gasteiger partial charge on any atom is 0.208 e. The van der Waals surface area contributed by atoms with Crippen molar-refractivity contribution in [2.75, 3.05) is 13.3 Å². The summed E-state index contributed by atoms with van der Waals surface area (Å²) in [5.74, 6) is 0. The van der Waals surface area contributed by atoms with E-state index in [1.807, 2.05) is 7.05 Å². The Morgan fingerprint density at radius 1 is 1.27 bits per heavy atom. The van der Waals surface area contributed by atoms with Gasteiger partial charge in [0.25, 0.3) is 0 Å². The van der Waals surface area contributed by atoms with Crippen LogP contribution in [-0.4, -0.2) is 33.8 Å². The van der Waals surface area contributed by atoms with Crippen molar-refractivity contribution in [2.45, 2.75) is 24.9 Å². The van der Waals surface area contributed by atoms with Crippen molar-refractivity contribution in [1.29, 1.82) is 0 Å². The van der Waals surface area contributed by atoms with Crippen molar-refractivity contribution in [3.05, 3.63) is 0 Å². The highest BCUT2D eigenvalue weighted by Gasteiger charge is 2.29. The Morgan fingerprint density at radius 2 is 1.82 bits per heavy atom. The van der Waals surface area contributed by atoms with E-state index in [1.165, 1.54) is 6.26 Å². The van der Waals surface area contributed by atoms with Gasteiger partial charge in [-0.3, -0.25) is 0 Å². The monoisotopic (exact) mass is 178 g/mol. The quantitative estimate of drug-likeness (QED) is 0.600. The Balaban J connectivity index is 2.24. The molecule has 11 heavy (non-hydrogen) atoms. The van der Waals surface area contributed by atoms with E-state index in [0.717, 1.165) is 12.8 Å². The molecule has 5 heteroatoms. The molecule has 0 aromatic carbocycles. The number of hydrogen-bond acceptors (Lipinski definition) is 3. The molecule has 1 saturated carbocycles. The van der Waals surface area contributed by atoms with E-state index >= 15 is 0 Å². The molecule has 1 aliphatic rings. The van der Waals surface area contributed by atoms with Crippen LogP contribution in [0.1, 0.15) is 12.8 Å². The number of hydrogen-bond donors (Lipinski definition) is 2. The maximum atomic E-state index is 10.7. The lowest BCUT2D eigenvalue weighted by atomic mass is 9.88. The van der Waals surface area contributed by atoms with Crippen molar-refractivity contribution < 1.29 is 8.42 Å². The fourth-order valence-corrected chi connectivity index (χ4v) is 2.05. The van der Waals surface area contributed by atoms with Gasteiger partial charge in [-0.2, -0.15) is 0 Å². The minimum absolute atomic E-state index is 0.155. The van der Waals surface area contributed by atoms with Gasteiger partial charge in [0.05, 0.1) is 6.26 Å². The lowest BCUT2D eigenvalue weighted by Crippen LogP contribution is -2.51. The molecule has 0 saturated heterocycles. The summed E-state index contributed by atoms with van der Waals surface area (Å²) >= 11 is 0. The van der Waals surface area contributed by atoms with Gasteiger partial charge in [-0.1, -0.05) is 0 Å². The van der Waals surface area contributed by atoms with Crippen LogP contribution in [0.15, 0.2) is 0 Å². The Morgan fingerprint density at radius 3 is 2.18 bits per heavy atom. The van der Waals surface area contributed by atoms with Gasteiger partial charge in [0.1, 0.15) is 0 Å². The lowest BCUT2D eigenvalue weighted by molar-refractivity contribution is 0.289. The van der Waals surface area contributed by atoms with Crippen molar-refractivity contribution in [3.8, 4) is 0 Å². The summed E-state index contributed by atoms with van der Waals surface area (Å²) in [6, 6.07) is 0.650. The van der Waals surface area contributed by atoms with E-state index in [1.54, 1.807) is 0 Å². The minimum Gasteiger partial charge on any atom is -0.317 e. The van der Waals surface area contributed by atoms with Crippen molar-refractivity contribution in [1.82, 2.24) is 10.0 Å². The SMILES string of the molecule is CN[C@H]1C[C@@H](NS(C)(=O)=O)C1. The average molecular weight is 178 g/mol. The minimum atomic E-state index is -2.99. The van der Waals surface area contributed by atoms with E-state index in [4.69, 9.17) is 0 Å². The number of rotatable bonds is 3. The molecular formula is C6H14N2O2S. The highest BCUT2D eigenvalue weighted by Crippen LogP contribution is 2.19. The van der Waals surface area contributed by atoms with Crippen LogP contribution >= 0.6 is 0 Å². The molecule has 0 aliphatic heterocycles. The first-order valence-electron chi connectivity index (χ1n) is 3.66. The number of sulfonamides is 1. The van der Waals surface area contributed by atoms with E-state index in [9.17, 15) is 8.42 Å². The van der Waals surface area contributed by atoms with Crippen molar-refractivity contribution in [3.63, 3.8) is 0 Å². The van der Waals surface area contributed by atoms with E-state index in [0.29, 0.717) is 6.04 Å². The maximum absolute atomic E-state index is 10.7. The Labute approximate surface area is 67.4 Å². The zero-order valence-corrected chi connectivity index (χ0v) is 7.61. The van der Waals surface area contributed by atoms with E-state index in [-0.39, 0.29) is 6.04 Å². The van der Waals surface area contributed by atoms with Crippen molar-refractivity contribution in [2.24, 2.45) is 0 Å². The summed E-state index contributed by atoms with van der Waals surface area (Å²) in [7, 11) is -1.10. The second-order valence-electron chi connectivity index (χ2n) is 3.04. The van der Waals surface area contributed by atoms with Crippen LogP contribution in [0.5, 0.6) is 0 Å². The first kappa shape index (κ1) is 8.96. The second kappa shape index (κ2) is 3.08. The molecule has 1 fully saturated rings. The molecule has 66 valence electrons. The fraction of sp³-hybridized carbons (Fsp3) is 1.00. The first-order chi connectivity index (χ1) is 5.01. The standard InChI is InChI=1S/C6H14N2O2S/c1-7-5-3-6(4-5)8-11(2,9)10/h5-8H,3-4H2,1-2H3/t5-,6+. The molecule has 0 spiro atoms. The zero-order valence-electron chi connectivity index (χ0n) is 6.79. The third-order valence-corrected chi connectivity index (χ3v) is 2.69. The van der Waals surface area contributed by atoms with Crippen LogP contribution in [0.25, 0.3) is 0 Å². The predicted octanol–water partition coefficient (Wildman–Crippen LogP) is -0.714. The van der Waals surface area contributed by atoms with Crippen LogP contribution in [0, 0.1) is 0 Å². The van der Waals surface area contributed by atoms with E-state index < -0.39 is 10.0 Å². The molecular weight excluding hydrogens is 164 g/mol. The molecule has 1 rings (SSSR count). The average Bonchev–Trinajstić information content (AvgIpc) is 1.75. The third kappa shape index (κ3) is 2.76. The predicted molar refractivity (Wildman–Crippen MR) is 43.8 cm³/mol. The van der Waals surface area contributed by atoms with Crippen LogP contribution in [-0.2, 0) is 10.0 Å². The molecule has 0 radical (unpaired) electrons. The van der Waals surface area contributed by atoms with Gasteiger partial charge < -0.3 is 5.32 Å². The molecule has 4 nitrogen and oxygen atoms in total. The smallest absolute Gasteiger partial charge is 0.208 e.